The van der Waals surface area contributed by atoms with E-state index in [0.717, 1.165) is 18.5 Å². The van der Waals surface area contributed by atoms with Crippen molar-refractivity contribution in [1.82, 2.24) is 5.43 Å². The summed E-state index contributed by atoms with van der Waals surface area (Å²) >= 11 is 1.72. The van der Waals surface area contributed by atoms with Crippen LogP contribution >= 0.6 is 11.8 Å². The van der Waals surface area contributed by atoms with Gasteiger partial charge in [0.1, 0.15) is 0 Å². The van der Waals surface area contributed by atoms with E-state index in [9.17, 15) is 0 Å². The number of thioether (sulfide) groups is 1. The number of rotatable bonds is 3. The minimum absolute atomic E-state index is 0.410. The third-order valence-electron chi connectivity index (χ3n) is 3.11. The van der Waals surface area contributed by atoms with E-state index in [1.807, 2.05) is 12.1 Å². The third kappa shape index (κ3) is 3.65. The average molecular weight is 264 g/mol. The van der Waals surface area contributed by atoms with Crippen LogP contribution in [0.3, 0.4) is 0 Å². The monoisotopic (exact) mass is 264 g/mol. The summed E-state index contributed by atoms with van der Waals surface area (Å²) in [5.74, 6) is 6.17. The highest BCUT2D eigenvalue weighted by molar-refractivity contribution is 7.98. The van der Waals surface area contributed by atoms with Crippen LogP contribution in [0.15, 0.2) is 34.2 Å². The van der Waals surface area contributed by atoms with E-state index in [-0.39, 0.29) is 0 Å². The molecule has 2 rings (SSSR count). The van der Waals surface area contributed by atoms with Gasteiger partial charge in [-0.3, -0.25) is 5.43 Å². The Morgan fingerprint density at radius 1 is 1.39 bits per heavy atom. The van der Waals surface area contributed by atoms with Crippen molar-refractivity contribution in [1.29, 1.82) is 0 Å². The van der Waals surface area contributed by atoms with Crippen LogP contribution in [0.25, 0.3) is 0 Å². The molecule has 1 aliphatic rings. The van der Waals surface area contributed by atoms with E-state index in [2.05, 4.69) is 34.1 Å². The first-order chi connectivity index (χ1) is 8.81. The lowest BCUT2D eigenvalue weighted by molar-refractivity contribution is 0.700. The maximum Gasteiger partial charge on any atom is 0.210 e. The van der Waals surface area contributed by atoms with Gasteiger partial charge in [-0.2, -0.15) is 0 Å². The molecule has 1 aromatic rings. The van der Waals surface area contributed by atoms with Gasteiger partial charge in [0.05, 0.1) is 6.04 Å². The molecule has 0 amide bonds. The minimum atomic E-state index is 0.410. The van der Waals surface area contributed by atoms with E-state index in [1.165, 1.54) is 17.7 Å². The molecule has 98 valence electrons. The summed E-state index contributed by atoms with van der Waals surface area (Å²) < 4.78 is 0. The van der Waals surface area contributed by atoms with E-state index >= 15 is 0 Å². The van der Waals surface area contributed by atoms with Crippen molar-refractivity contribution in [3.63, 3.8) is 0 Å². The summed E-state index contributed by atoms with van der Waals surface area (Å²) in [5.41, 5.74) is 3.66. The van der Waals surface area contributed by atoms with Gasteiger partial charge in [-0.15, -0.1) is 11.8 Å². The van der Waals surface area contributed by atoms with E-state index in [1.54, 1.807) is 11.8 Å². The van der Waals surface area contributed by atoms with Crippen LogP contribution < -0.4 is 16.6 Å². The molecule has 0 bridgehead atoms. The van der Waals surface area contributed by atoms with Gasteiger partial charge in [-0.1, -0.05) is 18.9 Å². The van der Waals surface area contributed by atoms with Crippen molar-refractivity contribution in [3.8, 4) is 0 Å². The summed E-state index contributed by atoms with van der Waals surface area (Å²) in [4.78, 5) is 5.83. The largest absolute Gasteiger partial charge is 0.325 e. The van der Waals surface area contributed by atoms with Crippen LogP contribution in [0.2, 0.25) is 0 Å². The number of aliphatic imine (C=N–C) groups is 1. The molecular formula is C13H20N4S. The van der Waals surface area contributed by atoms with Crippen LogP contribution in [0.1, 0.15) is 25.7 Å². The number of nitrogens with zero attached hydrogens (tertiary/aromatic N) is 1. The highest BCUT2D eigenvalue weighted by atomic mass is 32.2. The fraction of sp³-hybridized carbons (Fsp3) is 0.462. The average Bonchev–Trinajstić information content (AvgIpc) is 2.91. The minimum Gasteiger partial charge on any atom is -0.325 e. The van der Waals surface area contributed by atoms with Crippen LogP contribution in [-0.4, -0.2) is 18.3 Å². The molecule has 1 saturated carbocycles. The topological polar surface area (TPSA) is 62.4 Å². The Kier molecular flexibility index (Phi) is 4.90. The first-order valence-electron chi connectivity index (χ1n) is 6.27. The van der Waals surface area contributed by atoms with Crippen molar-refractivity contribution < 1.29 is 0 Å². The standard InChI is InChI=1S/C13H20N4S/c1-18-12-8-4-7-11(9-12)16-13(17-14)15-10-5-2-3-6-10/h4,7-10H,2-3,5-6,14H2,1H3,(H2,15,16,17). The summed E-state index contributed by atoms with van der Waals surface area (Å²) in [6, 6.07) is 8.62. The van der Waals surface area contributed by atoms with Gasteiger partial charge >= 0.3 is 0 Å². The van der Waals surface area contributed by atoms with Crippen LogP contribution in [0.4, 0.5) is 5.69 Å². The van der Waals surface area contributed by atoms with Crippen molar-refractivity contribution in [2.45, 2.75) is 36.6 Å². The predicted molar refractivity (Wildman–Crippen MR) is 78.9 cm³/mol. The van der Waals surface area contributed by atoms with Crippen LogP contribution in [0.5, 0.6) is 0 Å². The van der Waals surface area contributed by atoms with E-state index in [4.69, 9.17) is 5.84 Å². The Hall–Kier alpha value is -1.20. The third-order valence-corrected chi connectivity index (χ3v) is 3.83. The van der Waals surface area contributed by atoms with Gasteiger partial charge in [0.2, 0.25) is 5.96 Å². The molecule has 0 aromatic heterocycles. The van der Waals surface area contributed by atoms with E-state index < -0.39 is 0 Å². The molecule has 0 radical (unpaired) electrons. The van der Waals surface area contributed by atoms with Crippen molar-refractivity contribution in [2.24, 2.45) is 10.8 Å². The lowest BCUT2D eigenvalue weighted by Crippen LogP contribution is -2.37. The summed E-state index contributed by atoms with van der Waals surface area (Å²) in [6.45, 7) is 0. The molecule has 5 heteroatoms. The van der Waals surface area contributed by atoms with Crippen molar-refractivity contribution in [3.05, 3.63) is 24.3 Å². The van der Waals surface area contributed by atoms with Gasteiger partial charge in [-0.05, 0) is 37.3 Å². The molecule has 1 fully saturated rings. The first-order valence-corrected chi connectivity index (χ1v) is 7.50. The second kappa shape index (κ2) is 6.66. The number of hydrogen-bond acceptors (Lipinski definition) is 3. The molecule has 4 N–H and O–H groups in total. The normalized spacial score (nSPS) is 16.9. The number of hydrogen-bond donors (Lipinski definition) is 3. The van der Waals surface area contributed by atoms with Gasteiger partial charge in [0.15, 0.2) is 0 Å². The molecule has 0 unspecified atom stereocenters. The van der Waals surface area contributed by atoms with Gasteiger partial charge in [-0.25, -0.2) is 10.8 Å². The maximum atomic E-state index is 5.52. The zero-order chi connectivity index (χ0) is 12.8. The molecule has 18 heavy (non-hydrogen) atoms. The zero-order valence-corrected chi connectivity index (χ0v) is 11.5. The Balaban J connectivity index is 2.04. The Labute approximate surface area is 112 Å². The van der Waals surface area contributed by atoms with Gasteiger partial charge in [0.25, 0.3) is 0 Å². The fourth-order valence-electron chi connectivity index (χ4n) is 2.16. The molecular weight excluding hydrogens is 244 g/mol. The second-order valence-corrected chi connectivity index (χ2v) is 5.30. The number of anilines is 1. The fourth-order valence-corrected chi connectivity index (χ4v) is 2.62. The molecule has 0 heterocycles. The summed E-state index contributed by atoms with van der Waals surface area (Å²) in [6.07, 6.45) is 6.94. The first kappa shape index (κ1) is 13.2. The van der Waals surface area contributed by atoms with Crippen LogP contribution in [0, 0.1) is 0 Å². The van der Waals surface area contributed by atoms with E-state index in [0.29, 0.717) is 12.0 Å². The predicted octanol–water partition coefficient (Wildman–Crippen LogP) is 2.58. The Morgan fingerprint density at radius 3 is 2.83 bits per heavy atom. The molecule has 0 spiro atoms. The lowest BCUT2D eigenvalue weighted by atomic mass is 10.3. The number of nitrogens with one attached hydrogen (secondary N) is 2. The highest BCUT2D eigenvalue weighted by Crippen LogP contribution is 2.22. The summed E-state index contributed by atoms with van der Waals surface area (Å²) in [7, 11) is 0. The molecule has 1 aliphatic carbocycles. The zero-order valence-electron chi connectivity index (χ0n) is 10.6. The van der Waals surface area contributed by atoms with Gasteiger partial charge < -0.3 is 5.32 Å². The van der Waals surface area contributed by atoms with Crippen LogP contribution in [-0.2, 0) is 0 Å². The number of benzene rings is 1. The second-order valence-electron chi connectivity index (χ2n) is 4.42. The highest BCUT2D eigenvalue weighted by Gasteiger charge is 2.14. The smallest absolute Gasteiger partial charge is 0.210 e. The quantitative estimate of drug-likeness (QED) is 0.258. The summed E-state index contributed by atoms with van der Waals surface area (Å²) in [5, 5.41) is 3.23. The lowest BCUT2D eigenvalue weighted by Gasteiger charge is -2.12. The number of nitrogens with two attached hydrogens (primary N) is 1. The molecule has 0 atom stereocenters. The number of hydrazine groups is 1. The number of guanidine groups is 1. The molecule has 0 saturated heterocycles. The van der Waals surface area contributed by atoms with Crippen molar-refractivity contribution in [2.75, 3.05) is 11.6 Å². The van der Waals surface area contributed by atoms with Gasteiger partial charge in [0, 0.05) is 10.6 Å². The SMILES string of the molecule is CSc1cccc(NC(=NC2CCCC2)NN)c1. The van der Waals surface area contributed by atoms with Crippen molar-refractivity contribution >= 4 is 23.4 Å². The molecule has 0 aliphatic heterocycles. The Bertz CT molecular complexity index is 413. The maximum absolute atomic E-state index is 5.52. The molecule has 1 aromatic carbocycles. The molecule has 4 nitrogen and oxygen atoms in total. The Morgan fingerprint density at radius 2 is 2.17 bits per heavy atom.